The lowest BCUT2D eigenvalue weighted by Crippen LogP contribution is -2.54. The molecule has 1 fully saturated rings. The summed E-state index contributed by atoms with van der Waals surface area (Å²) in [5.41, 5.74) is 2.78. The molecule has 4 heteroatoms. The number of carbonyl (C=O) groups excluding carboxylic acids is 1. The van der Waals surface area contributed by atoms with Crippen LogP contribution in [0.2, 0.25) is 0 Å². The second-order valence-corrected chi connectivity index (χ2v) is 7.15. The number of nitrogens with one attached hydrogen (secondary N) is 2. The molecule has 0 aliphatic carbocycles. The van der Waals surface area contributed by atoms with Gasteiger partial charge in [0.25, 0.3) is 5.91 Å². The molecule has 0 spiro atoms. The van der Waals surface area contributed by atoms with Crippen molar-refractivity contribution in [2.75, 3.05) is 25.0 Å². The molecule has 4 rings (SSSR count). The number of fused-ring (bicyclic) bond motifs is 2. The molecule has 0 saturated carbocycles. The van der Waals surface area contributed by atoms with Gasteiger partial charge in [0.15, 0.2) is 0 Å². The second-order valence-electron chi connectivity index (χ2n) is 7.15. The summed E-state index contributed by atoms with van der Waals surface area (Å²) < 4.78 is 0. The summed E-state index contributed by atoms with van der Waals surface area (Å²) in [4.78, 5) is 15.1. The van der Waals surface area contributed by atoms with Gasteiger partial charge in [-0.25, -0.2) is 0 Å². The van der Waals surface area contributed by atoms with Gasteiger partial charge in [-0.3, -0.25) is 9.69 Å². The Morgan fingerprint density at radius 2 is 1.88 bits per heavy atom. The van der Waals surface area contributed by atoms with Gasteiger partial charge in [-0.15, -0.1) is 0 Å². The Kier molecular flexibility index (Phi) is 3.77. The largest absolute Gasteiger partial charge is 0.384 e. The molecule has 4 nitrogen and oxygen atoms in total. The zero-order valence-corrected chi connectivity index (χ0v) is 14.0. The molecule has 2 aliphatic heterocycles. The van der Waals surface area contributed by atoms with E-state index in [0.717, 1.165) is 37.4 Å². The minimum absolute atomic E-state index is 0.0202. The smallest absolute Gasteiger partial charge is 0.253 e. The first-order valence-electron chi connectivity index (χ1n) is 8.56. The molecule has 2 atom stereocenters. The minimum Gasteiger partial charge on any atom is -0.384 e. The van der Waals surface area contributed by atoms with E-state index in [0.29, 0.717) is 5.92 Å². The summed E-state index contributed by atoms with van der Waals surface area (Å²) in [5, 5.41) is 6.80. The summed E-state index contributed by atoms with van der Waals surface area (Å²) in [6.07, 6.45) is 0. The number of nitrogens with zero attached hydrogens (tertiary/aromatic N) is 1. The number of benzene rings is 2. The van der Waals surface area contributed by atoms with Crippen molar-refractivity contribution in [1.29, 1.82) is 0 Å². The van der Waals surface area contributed by atoms with Crippen LogP contribution in [0, 0.1) is 5.92 Å². The maximum absolute atomic E-state index is 12.7. The third kappa shape index (κ3) is 2.78. The van der Waals surface area contributed by atoms with Crippen LogP contribution in [0.25, 0.3) is 0 Å². The molecule has 2 aliphatic rings. The van der Waals surface area contributed by atoms with Gasteiger partial charge in [-0.2, -0.15) is 0 Å². The fourth-order valence-electron chi connectivity index (χ4n) is 3.96. The van der Waals surface area contributed by atoms with Gasteiger partial charge < -0.3 is 10.6 Å². The number of anilines is 1. The van der Waals surface area contributed by atoms with E-state index in [-0.39, 0.29) is 11.4 Å². The summed E-state index contributed by atoms with van der Waals surface area (Å²) in [5.74, 6) is 0.408. The average molecular weight is 321 g/mol. The van der Waals surface area contributed by atoms with Gasteiger partial charge in [0.05, 0.1) is 11.1 Å². The van der Waals surface area contributed by atoms with E-state index < -0.39 is 0 Å². The molecular weight excluding hydrogens is 298 g/mol. The lowest BCUT2D eigenvalue weighted by Gasteiger charge is -2.34. The molecule has 1 saturated heterocycles. The predicted octanol–water partition coefficient (Wildman–Crippen LogP) is 2.73. The van der Waals surface area contributed by atoms with Crippen molar-refractivity contribution < 1.29 is 4.79 Å². The number of para-hydroxylation sites is 1. The van der Waals surface area contributed by atoms with Crippen LogP contribution in [0.4, 0.5) is 5.69 Å². The summed E-state index contributed by atoms with van der Waals surface area (Å²) in [6, 6.07) is 18.3. The molecule has 2 N–H and O–H groups in total. The van der Waals surface area contributed by atoms with Crippen LogP contribution >= 0.6 is 0 Å². The second kappa shape index (κ2) is 5.95. The van der Waals surface area contributed by atoms with E-state index in [1.807, 2.05) is 30.3 Å². The Balaban J connectivity index is 1.55. The number of carbonyl (C=O) groups is 1. The summed E-state index contributed by atoms with van der Waals surface area (Å²) in [7, 11) is 0. The Morgan fingerprint density at radius 1 is 1.12 bits per heavy atom. The maximum Gasteiger partial charge on any atom is 0.253 e. The van der Waals surface area contributed by atoms with Crippen LogP contribution in [0.5, 0.6) is 0 Å². The van der Waals surface area contributed by atoms with Gasteiger partial charge >= 0.3 is 0 Å². The standard InChI is InChI=1S/C20H23N3O/c1-20-14-23(12-15-7-3-2-4-8-15)13-16(20)11-21-18-10-6-5-9-17(18)19(24)22-20/h2-10,16,21H,11-14H2,1H3,(H,22,24)/t16-,20+/m1/s1. The fourth-order valence-corrected chi connectivity index (χ4v) is 3.96. The molecular formula is C20H23N3O. The van der Waals surface area contributed by atoms with Crippen molar-refractivity contribution in [3.8, 4) is 0 Å². The normalized spacial score (nSPS) is 26.5. The van der Waals surface area contributed by atoms with Gasteiger partial charge in [0, 0.05) is 37.8 Å². The lowest BCUT2D eigenvalue weighted by atomic mass is 9.87. The molecule has 1 amide bonds. The monoisotopic (exact) mass is 321 g/mol. The number of likely N-dealkylation sites (tertiary alicyclic amines) is 1. The van der Waals surface area contributed by atoms with E-state index in [9.17, 15) is 4.79 Å². The molecule has 124 valence electrons. The highest BCUT2D eigenvalue weighted by Crippen LogP contribution is 2.32. The third-order valence-electron chi connectivity index (χ3n) is 5.29. The van der Waals surface area contributed by atoms with Crippen molar-refractivity contribution in [3.63, 3.8) is 0 Å². The first-order chi connectivity index (χ1) is 11.6. The van der Waals surface area contributed by atoms with Crippen LogP contribution in [0.3, 0.4) is 0 Å². The van der Waals surface area contributed by atoms with Crippen molar-refractivity contribution in [3.05, 3.63) is 65.7 Å². The molecule has 2 aromatic carbocycles. The fraction of sp³-hybridized carbons (Fsp3) is 0.350. The highest BCUT2D eigenvalue weighted by Gasteiger charge is 2.44. The molecule has 0 bridgehead atoms. The van der Waals surface area contributed by atoms with E-state index in [2.05, 4.69) is 46.7 Å². The third-order valence-corrected chi connectivity index (χ3v) is 5.29. The quantitative estimate of drug-likeness (QED) is 0.894. The first-order valence-corrected chi connectivity index (χ1v) is 8.56. The Hall–Kier alpha value is -2.33. The average Bonchev–Trinajstić information content (AvgIpc) is 2.87. The SMILES string of the molecule is C[C@]12CN(Cc3ccccc3)C[C@H]1CNc1ccccc1C(=O)N2. The predicted molar refractivity (Wildman–Crippen MR) is 96.0 cm³/mol. The molecule has 24 heavy (non-hydrogen) atoms. The number of rotatable bonds is 2. The van der Waals surface area contributed by atoms with Gasteiger partial charge in [0.1, 0.15) is 0 Å². The topological polar surface area (TPSA) is 44.4 Å². The van der Waals surface area contributed by atoms with Crippen LogP contribution in [0.1, 0.15) is 22.8 Å². The van der Waals surface area contributed by atoms with Gasteiger partial charge in [-0.1, -0.05) is 42.5 Å². The molecule has 0 radical (unpaired) electrons. The number of hydrogen-bond donors (Lipinski definition) is 2. The van der Waals surface area contributed by atoms with Crippen molar-refractivity contribution >= 4 is 11.6 Å². The molecule has 2 heterocycles. The lowest BCUT2D eigenvalue weighted by molar-refractivity contribution is 0.0889. The number of hydrogen-bond acceptors (Lipinski definition) is 3. The summed E-state index contributed by atoms with van der Waals surface area (Å²) in [6.45, 7) is 5.84. The molecule has 0 unspecified atom stereocenters. The maximum atomic E-state index is 12.7. The molecule has 2 aromatic rings. The van der Waals surface area contributed by atoms with Crippen LogP contribution in [-0.2, 0) is 6.54 Å². The van der Waals surface area contributed by atoms with E-state index in [1.165, 1.54) is 5.56 Å². The summed E-state index contributed by atoms with van der Waals surface area (Å²) >= 11 is 0. The van der Waals surface area contributed by atoms with Gasteiger partial charge in [-0.05, 0) is 24.6 Å². The van der Waals surface area contributed by atoms with Crippen molar-refractivity contribution in [1.82, 2.24) is 10.2 Å². The zero-order valence-electron chi connectivity index (χ0n) is 14.0. The highest BCUT2D eigenvalue weighted by molar-refractivity contribution is 6.00. The number of amides is 1. The Bertz CT molecular complexity index is 746. The highest BCUT2D eigenvalue weighted by atomic mass is 16.1. The molecule has 0 aromatic heterocycles. The van der Waals surface area contributed by atoms with Crippen molar-refractivity contribution in [2.45, 2.75) is 19.0 Å². The van der Waals surface area contributed by atoms with E-state index in [4.69, 9.17) is 0 Å². The van der Waals surface area contributed by atoms with E-state index >= 15 is 0 Å². The first kappa shape index (κ1) is 15.2. The van der Waals surface area contributed by atoms with Crippen LogP contribution in [0.15, 0.2) is 54.6 Å². The van der Waals surface area contributed by atoms with E-state index in [1.54, 1.807) is 0 Å². The Labute approximate surface area is 142 Å². The Morgan fingerprint density at radius 3 is 2.71 bits per heavy atom. The van der Waals surface area contributed by atoms with Crippen LogP contribution in [-0.4, -0.2) is 36.0 Å². The van der Waals surface area contributed by atoms with Gasteiger partial charge in [0.2, 0.25) is 0 Å². The van der Waals surface area contributed by atoms with Crippen LogP contribution < -0.4 is 10.6 Å². The minimum atomic E-state index is -0.202. The zero-order chi connectivity index (χ0) is 16.6. The van der Waals surface area contributed by atoms with Crippen molar-refractivity contribution in [2.24, 2.45) is 5.92 Å².